The summed E-state index contributed by atoms with van der Waals surface area (Å²) in [5, 5.41) is 3.43. The van der Waals surface area contributed by atoms with Gasteiger partial charge in [-0.15, -0.1) is 0 Å². The van der Waals surface area contributed by atoms with E-state index in [9.17, 15) is 4.39 Å². The highest BCUT2D eigenvalue weighted by molar-refractivity contribution is 5.17. The Labute approximate surface area is 96.5 Å². The number of rotatable bonds is 3. The van der Waals surface area contributed by atoms with Crippen molar-refractivity contribution in [2.45, 2.75) is 25.4 Å². The smallest absolute Gasteiger partial charge is 0.127 e. The summed E-state index contributed by atoms with van der Waals surface area (Å²) < 4.78 is 13.4. The van der Waals surface area contributed by atoms with E-state index in [4.69, 9.17) is 0 Å². The van der Waals surface area contributed by atoms with Gasteiger partial charge in [0, 0.05) is 24.7 Å². The average Bonchev–Trinajstić information content (AvgIpc) is 2.28. The van der Waals surface area contributed by atoms with Gasteiger partial charge in [-0.1, -0.05) is 18.2 Å². The number of hydrogen-bond donors (Lipinski definition) is 1. The minimum atomic E-state index is -0.112. The number of likely N-dealkylation sites (tertiary alicyclic amines) is 1. The second kappa shape index (κ2) is 5.41. The Kier molecular flexibility index (Phi) is 3.91. The summed E-state index contributed by atoms with van der Waals surface area (Å²) in [5.74, 6) is -0.112. The minimum absolute atomic E-state index is 0.112. The summed E-state index contributed by atoms with van der Waals surface area (Å²) in [6, 6.07) is 7.47. The number of benzene rings is 1. The maximum atomic E-state index is 13.4. The third-order valence-electron chi connectivity index (χ3n) is 3.16. The van der Waals surface area contributed by atoms with Crippen molar-refractivity contribution in [2.24, 2.45) is 0 Å². The van der Waals surface area contributed by atoms with Gasteiger partial charge in [-0.05, 0) is 32.5 Å². The van der Waals surface area contributed by atoms with E-state index in [1.54, 1.807) is 6.07 Å². The molecule has 88 valence electrons. The fourth-order valence-corrected chi connectivity index (χ4v) is 2.23. The van der Waals surface area contributed by atoms with E-state index in [0.29, 0.717) is 12.6 Å². The number of halogens is 1. The van der Waals surface area contributed by atoms with Crippen molar-refractivity contribution in [1.29, 1.82) is 0 Å². The molecule has 1 heterocycles. The molecule has 1 aliphatic heterocycles. The fourth-order valence-electron chi connectivity index (χ4n) is 2.23. The van der Waals surface area contributed by atoms with Crippen LogP contribution >= 0.6 is 0 Å². The standard InChI is InChI=1S/C13H19FN2/c1-16-8-4-6-12(10-16)15-9-11-5-2-3-7-13(11)14/h2-3,5,7,12,15H,4,6,8-10H2,1H3. The van der Waals surface area contributed by atoms with Gasteiger partial charge in [0.15, 0.2) is 0 Å². The Morgan fingerprint density at radius 2 is 2.25 bits per heavy atom. The molecule has 0 bridgehead atoms. The van der Waals surface area contributed by atoms with Crippen LogP contribution in [0.3, 0.4) is 0 Å². The number of likely N-dealkylation sites (N-methyl/N-ethyl adjacent to an activating group) is 1. The van der Waals surface area contributed by atoms with Crippen molar-refractivity contribution in [2.75, 3.05) is 20.1 Å². The zero-order valence-electron chi connectivity index (χ0n) is 9.75. The van der Waals surface area contributed by atoms with Gasteiger partial charge in [0.2, 0.25) is 0 Å². The van der Waals surface area contributed by atoms with Crippen LogP contribution in [0.2, 0.25) is 0 Å². The maximum absolute atomic E-state index is 13.4. The quantitative estimate of drug-likeness (QED) is 0.841. The van der Waals surface area contributed by atoms with Crippen LogP contribution < -0.4 is 5.32 Å². The molecule has 0 spiro atoms. The third kappa shape index (κ3) is 3.03. The number of hydrogen-bond acceptors (Lipinski definition) is 2. The summed E-state index contributed by atoms with van der Waals surface area (Å²) >= 11 is 0. The van der Waals surface area contributed by atoms with Crippen LogP contribution in [-0.4, -0.2) is 31.1 Å². The molecule has 2 nitrogen and oxygen atoms in total. The molecule has 1 aromatic carbocycles. The van der Waals surface area contributed by atoms with E-state index in [-0.39, 0.29) is 5.82 Å². The van der Waals surface area contributed by atoms with Crippen molar-refractivity contribution >= 4 is 0 Å². The fraction of sp³-hybridized carbons (Fsp3) is 0.538. The summed E-state index contributed by atoms with van der Waals surface area (Å²) in [5.41, 5.74) is 0.760. The van der Waals surface area contributed by atoms with E-state index in [1.165, 1.54) is 25.5 Å². The zero-order chi connectivity index (χ0) is 11.4. The van der Waals surface area contributed by atoms with E-state index < -0.39 is 0 Å². The van der Waals surface area contributed by atoms with Crippen molar-refractivity contribution in [3.05, 3.63) is 35.6 Å². The van der Waals surface area contributed by atoms with E-state index in [1.807, 2.05) is 12.1 Å². The lowest BCUT2D eigenvalue weighted by Crippen LogP contribution is -2.43. The highest BCUT2D eigenvalue weighted by Crippen LogP contribution is 2.10. The molecule has 1 aromatic rings. The molecule has 2 rings (SSSR count). The lowest BCUT2D eigenvalue weighted by Gasteiger charge is -2.30. The molecule has 1 N–H and O–H groups in total. The Morgan fingerprint density at radius 3 is 3.00 bits per heavy atom. The molecular formula is C13H19FN2. The number of piperidine rings is 1. The highest BCUT2D eigenvalue weighted by atomic mass is 19.1. The molecule has 0 aromatic heterocycles. The van der Waals surface area contributed by atoms with Crippen LogP contribution in [0.5, 0.6) is 0 Å². The van der Waals surface area contributed by atoms with Crippen molar-refractivity contribution in [1.82, 2.24) is 10.2 Å². The Balaban J connectivity index is 1.85. The molecule has 0 saturated carbocycles. The molecular weight excluding hydrogens is 203 g/mol. The Morgan fingerprint density at radius 1 is 1.44 bits per heavy atom. The molecule has 1 aliphatic rings. The largest absolute Gasteiger partial charge is 0.309 e. The summed E-state index contributed by atoms with van der Waals surface area (Å²) in [6.45, 7) is 2.87. The second-order valence-corrected chi connectivity index (χ2v) is 4.57. The van der Waals surface area contributed by atoms with E-state index in [0.717, 1.165) is 12.1 Å². The molecule has 1 atom stereocenters. The zero-order valence-corrected chi connectivity index (χ0v) is 9.75. The van der Waals surface area contributed by atoms with Crippen LogP contribution in [0.25, 0.3) is 0 Å². The van der Waals surface area contributed by atoms with Gasteiger partial charge < -0.3 is 10.2 Å². The summed E-state index contributed by atoms with van der Waals surface area (Å²) in [7, 11) is 2.14. The van der Waals surface area contributed by atoms with E-state index in [2.05, 4.69) is 17.3 Å². The maximum Gasteiger partial charge on any atom is 0.127 e. The van der Waals surface area contributed by atoms with Crippen LogP contribution in [0.15, 0.2) is 24.3 Å². The molecule has 0 aliphatic carbocycles. The minimum Gasteiger partial charge on any atom is -0.309 e. The van der Waals surface area contributed by atoms with Crippen molar-refractivity contribution in [3.63, 3.8) is 0 Å². The normalized spacial score (nSPS) is 22.2. The first kappa shape index (κ1) is 11.6. The third-order valence-corrected chi connectivity index (χ3v) is 3.16. The monoisotopic (exact) mass is 222 g/mol. The topological polar surface area (TPSA) is 15.3 Å². The first-order valence-electron chi connectivity index (χ1n) is 5.91. The first-order chi connectivity index (χ1) is 7.75. The van der Waals surface area contributed by atoms with Crippen LogP contribution in [0, 0.1) is 5.82 Å². The van der Waals surface area contributed by atoms with Crippen molar-refractivity contribution < 1.29 is 4.39 Å². The van der Waals surface area contributed by atoms with Crippen molar-refractivity contribution in [3.8, 4) is 0 Å². The van der Waals surface area contributed by atoms with Gasteiger partial charge in [0.05, 0.1) is 0 Å². The summed E-state index contributed by atoms with van der Waals surface area (Å²) in [6.07, 6.45) is 2.42. The number of nitrogens with one attached hydrogen (secondary N) is 1. The van der Waals surface area contributed by atoms with Crippen LogP contribution in [-0.2, 0) is 6.54 Å². The highest BCUT2D eigenvalue weighted by Gasteiger charge is 2.16. The molecule has 1 fully saturated rings. The van der Waals surface area contributed by atoms with Crippen LogP contribution in [0.1, 0.15) is 18.4 Å². The lowest BCUT2D eigenvalue weighted by atomic mass is 10.1. The Bertz CT molecular complexity index is 340. The second-order valence-electron chi connectivity index (χ2n) is 4.57. The van der Waals surface area contributed by atoms with Crippen LogP contribution in [0.4, 0.5) is 4.39 Å². The lowest BCUT2D eigenvalue weighted by molar-refractivity contribution is 0.226. The molecule has 1 saturated heterocycles. The SMILES string of the molecule is CN1CCCC(NCc2ccccc2F)C1. The Hall–Kier alpha value is -0.930. The molecule has 3 heteroatoms. The van der Waals surface area contributed by atoms with E-state index >= 15 is 0 Å². The van der Waals surface area contributed by atoms with Gasteiger partial charge in [-0.3, -0.25) is 0 Å². The number of nitrogens with zero attached hydrogens (tertiary/aromatic N) is 1. The molecule has 0 amide bonds. The molecule has 0 radical (unpaired) electrons. The van der Waals surface area contributed by atoms with Gasteiger partial charge >= 0.3 is 0 Å². The summed E-state index contributed by atoms with van der Waals surface area (Å²) in [4.78, 5) is 2.32. The van der Waals surface area contributed by atoms with Gasteiger partial charge in [0.25, 0.3) is 0 Å². The van der Waals surface area contributed by atoms with Gasteiger partial charge in [-0.2, -0.15) is 0 Å². The predicted octanol–water partition coefficient (Wildman–Crippen LogP) is 2.01. The molecule has 16 heavy (non-hydrogen) atoms. The van der Waals surface area contributed by atoms with Gasteiger partial charge in [-0.25, -0.2) is 4.39 Å². The first-order valence-corrected chi connectivity index (χ1v) is 5.91. The average molecular weight is 222 g/mol. The van der Waals surface area contributed by atoms with Gasteiger partial charge in [0.1, 0.15) is 5.82 Å². The molecule has 1 unspecified atom stereocenters. The predicted molar refractivity (Wildman–Crippen MR) is 63.8 cm³/mol.